The summed E-state index contributed by atoms with van der Waals surface area (Å²) >= 11 is 0. The molecule has 0 aromatic rings. The van der Waals surface area contributed by atoms with Crippen LogP contribution >= 0.6 is 0 Å². The second kappa shape index (κ2) is 6.56. The van der Waals surface area contributed by atoms with Crippen LogP contribution in [-0.4, -0.2) is 48.4 Å². The van der Waals surface area contributed by atoms with E-state index in [1.807, 2.05) is 13.1 Å². The molecule has 0 N–H and O–H groups in total. The fraction of sp³-hybridized carbons (Fsp3) is 0.533. The summed E-state index contributed by atoms with van der Waals surface area (Å²) in [5.74, 6) is -0.674. The van der Waals surface area contributed by atoms with Crippen molar-refractivity contribution in [2.45, 2.75) is 33.2 Å². The minimum Gasteiger partial charge on any atom is -0.462 e. The van der Waals surface area contributed by atoms with E-state index in [2.05, 4.69) is 9.89 Å². The molecule has 0 bridgehead atoms. The highest BCUT2D eigenvalue weighted by atomic mass is 16.5. The van der Waals surface area contributed by atoms with E-state index in [4.69, 9.17) is 9.47 Å². The van der Waals surface area contributed by atoms with Crippen molar-refractivity contribution in [1.29, 1.82) is 0 Å². The summed E-state index contributed by atoms with van der Waals surface area (Å²) in [7, 11) is 0. The maximum absolute atomic E-state index is 11.8. The van der Waals surface area contributed by atoms with Crippen molar-refractivity contribution in [2.75, 3.05) is 19.8 Å². The third-order valence-electron chi connectivity index (χ3n) is 3.51. The van der Waals surface area contributed by atoms with Crippen LogP contribution < -0.4 is 0 Å². The Labute approximate surface area is 124 Å². The van der Waals surface area contributed by atoms with E-state index in [1.165, 1.54) is 6.92 Å². The number of carbonyl (C=O) groups is 2. The Balaban J connectivity index is 2.17. The molecule has 6 nitrogen and oxygen atoms in total. The van der Waals surface area contributed by atoms with Gasteiger partial charge in [0.15, 0.2) is 0 Å². The highest BCUT2D eigenvalue weighted by Crippen LogP contribution is 2.32. The van der Waals surface area contributed by atoms with Gasteiger partial charge in [-0.3, -0.25) is 9.79 Å². The van der Waals surface area contributed by atoms with Crippen LogP contribution in [0.4, 0.5) is 0 Å². The topological polar surface area (TPSA) is 68.2 Å². The molecule has 2 rings (SSSR count). The van der Waals surface area contributed by atoms with Crippen LogP contribution in [0.5, 0.6) is 0 Å². The van der Waals surface area contributed by atoms with Crippen LogP contribution in [0.15, 0.2) is 28.5 Å². The Kier molecular flexibility index (Phi) is 4.77. The summed E-state index contributed by atoms with van der Waals surface area (Å²) in [5.41, 5.74) is 2.38. The van der Waals surface area contributed by atoms with Gasteiger partial charge in [0, 0.05) is 43.4 Å². The molecule has 0 aliphatic carbocycles. The number of carbonyl (C=O) groups excluding carboxylic acids is 2. The number of ether oxygens (including phenoxy) is 2. The van der Waals surface area contributed by atoms with E-state index in [9.17, 15) is 9.59 Å². The molecular formula is C15H20N2O4. The maximum Gasteiger partial charge on any atom is 0.352 e. The number of esters is 2. The molecule has 21 heavy (non-hydrogen) atoms. The number of aliphatic imine (C=N–C) groups is 1. The van der Waals surface area contributed by atoms with Gasteiger partial charge in [0.25, 0.3) is 0 Å². The fourth-order valence-corrected chi connectivity index (χ4v) is 2.50. The second-order valence-electron chi connectivity index (χ2n) is 4.87. The first-order valence-electron chi connectivity index (χ1n) is 7.10. The van der Waals surface area contributed by atoms with Gasteiger partial charge >= 0.3 is 11.9 Å². The average molecular weight is 292 g/mol. The van der Waals surface area contributed by atoms with E-state index in [0.717, 1.165) is 17.7 Å². The predicted octanol–water partition coefficient (Wildman–Crippen LogP) is 1.43. The molecule has 1 atom stereocenters. The number of nitrogens with zero attached hydrogens (tertiary/aromatic N) is 2. The monoisotopic (exact) mass is 292 g/mol. The summed E-state index contributed by atoms with van der Waals surface area (Å²) < 4.78 is 10.1. The smallest absolute Gasteiger partial charge is 0.352 e. The first-order valence-corrected chi connectivity index (χ1v) is 7.10. The normalized spacial score (nSPS) is 20.2. The Morgan fingerprint density at radius 2 is 2.14 bits per heavy atom. The van der Waals surface area contributed by atoms with Crippen molar-refractivity contribution in [3.8, 4) is 0 Å². The molecule has 114 valence electrons. The van der Waals surface area contributed by atoms with Crippen molar-refractivity contribution < 1.29 is 19.1 Å². The van der Waals surface area contributed by atoms with Gasteiger partial charge in [0.2, 0.25) is 0 Å². The van der Waals surface area contributed by atoms with E-state index in [-0.39, 0.29) is 24.6 Å². The van der Waals surface area contributed by atoms with Crippen LogP contribution in [0.2, 0.25) is 0 Å². The Hall–Kier alpha value is -2.11. The van der Waals surface area contributed by atoms with Gasteiger partial charge in [-0.05, 0) is 13.8 Å². The molecule has 0 fully saturated rings. The van der Waals surface area contributed by atoms with Crippen LogP contribution in [-0.2, 0) is 19.1 Å². The van der Waals surface area contributed by atoms with Crippen molar-refractivity contribution in [3.05, 3.63) is 23.5 Å². The highest BCUT2D eigenvalue weighted by Gasteiger charge is 2.34. The van der Waals surface area contributed by atoms with Gasteiger partial charge in [0.05, 0.1) is 12.6 Å². The number of hydrogen-bond donors (Lipinski definition) is 0. The number of rotatable bonds is 5. The Morgan fingerprint density at radius 1 is 1.38 bits per heavy atom. The zero-order valence-electron chi connectivity index (χ0n) is 12.6. The van der Waals surface area contributed by atoms with Crippen molar-refractivity contribution in [2.24, 2.45) is 4.99 Å². The van der Waals surface area contributed by atoms with Crippen LogP contribution in [0, 0.1) is 0 Å². The molecule has 0 amide bonds. The molecule has 0 radical (unpaired) electrons. The van der Waals surface area contributed by atoms with E-state index in [1.54, 1.807) is 13.1 Å². The summed E-state index contributed by atoms with van der Waals surface area (Å²) in [6.45, 7) is 6.58. The van der Waals surface area contributed by atoms with Gasteiger partial charge in [0.1, 0.15) is 12.3 Å². The first-order chi connectivity index (χ1) is 10.1. The van der Waals surface area contributed by atoms with Gasteiger partial charge < -0.3 is 14.4 Å². The van der Waals surface area contributed by atoms with Crippen LogP contribution in [0.25, 0.3) is 0 Å². The number of fused-ring (bicyclic) bond motifs is 1. The van der Waals surface area contributed by atoms with Crippen molar-refractivity contribution >= 4 is 17.7 Å². The average Bonchev–Trinajstić information content (AvgIpc) is 2.82. The van der Waals surface area contributed by atoms with Crippen molar-refractivity contribution in [1.82, 2.24) is 4.90 Å². The van der Waals surface area contributed by atoms with E-state index in [0.29, 0.717) is 18.7 Å². The lowest BCUT2D eigenvalue weighted by Gasteiger charge is -2.27. The lowest BCUT2D eigenvalue weighted by Crippen LogP contribution is -2.34. The zero-order valence-corrected chi connectivity index (χ0v) is 12.6. The number of hydrogen-bond acceptors (Lipinski definition) is 6. The maximum atomic E-state index is 11.8. The third-order valence-corrected chi connectivity index (χ3v) is 3.51. The minimum atomic E-state index is -0.364. The third kappa shape index (κ3) is 3.32. The van der Waals surface area contributed by atoms with Crippen LogP contribution in [0.3, 0.4) is 0 Å². The quantitative estimate of drug-likeness (QED) is 0.717. The summed E-state index contributed by atoms with van der Waals surface area (Å²) in [6, 6.07) is 0.0671. The van der Waals surface area contributed by atoms with E-state index >= 15 is 0 Å². The molecule has 2 heterocycles. The molecular weight excluding hydrogens is 272 g/mol. The van der Waals surface area contributed by atoms with Gasteiger partial charge in [-0.25, -0.2) is 4.79 Å². The zero-order chi connectivity index (χ0) is 15.4. The lowest BCUT2D eigenvalue weighted by atomic mass is 9.96. The standard InChI is InChI=1S/C15H20N2O4/c1-4-17-8-11(9-21-10(3)18)12-7-16-13(6-14(12)17)15(19)20-5-2/h7-8,14H,4-6,9H2,1-3H3. The second-order valence-corrected chi connectivity index (χ2v) is 4.87. The number of likely N-dealkylation sites (N-methyl/N-ethyl adjacent to an activating group) is 1. The van der Waals surface area contributed by atoms with Gasteiger partial charge in [-0.15, -0.1) is 0 Å². The predicted molar refractivity (Wildman–Crippen MR) is 77.7 cm³/mol. The molecule has 0 aromatic carbocycles. The molecule has 6 heteroatoms. The van der Waals surface area contributed by atoms with Gasteiger partial charge in [-0.1, -0.05) is 0 Å². The highest BCUT2D eigenvalue weighted by molar-refractivity contribution is 6.37. The fourth-order valence-electron chi connectivity index (χ4n) is 2.50. The van der Waals surface area contributed by atoms with Gasteiger partial charge in [-0.2, -0.15) is 0 Å². The Bertz CT molecular complexity index is 534. The molecule has 0 aromatic heterocycles. The summed E-state index contributed by atoms with van der Waals surface area (Å²) in [6.07, 6.45) is 4.17. The van der Waals surface area contributed by atoms with E-state index < -0.39 is 0 Å². The van der Waals surface area contributed by atoms with Crippen LogP contribution in [0.1, 0.15) is 27.2 Å². The molecule has 0 saturated carbocycles. The summed E-state index contributed by atoms with van der Waals surface area (Å²) in [5, 5.41) is 0. The first kappa shape index (κ1) is 15.3. The van der Waals surface area contributed by atoms with Crippen molar-refractivity contribution in [3.63, 3.8) is 0 Å². The summed E-state index contributed by atoms with van der Waals surface area (Å²) in [4.78, 5) is 29.1. The molecule has 0 saturated heterocycles. The SMILES string of the molecule is CCOC(=O)C1=NC=C2C(COC(C)=O)=CN(CC)C2C1. The minimum absolute atomic E-state index is 0.0671. The molecule has 2 aliphatic rings. The molecule has 2 aliphatic heterocycles. The molecule has 0 spiro atoms. The largest absolute Gasteiger partial charge is 0.462 e. The molecule has 1 unspecified atom stereocenters. The Morgan fingerprint density at radius 3 is 2.76 bits per heavy atom. The lowest BCUT2D eigenvalue weighted by molar-refractivity contribution is -0.140.